The van der Waals surface area contributed by atoms with E-state index < -0.39 is 0 Å². The first-order valence-electron chi connectivity index (χ1n) is 6.98. The molecule has 0 atom stereocenters. The van der Waals surface area contributed by atoms with Crippen molar-refractivity contribution in [2.75, 3.05) is 44.1 Å². The SMILES string of the molecule is COCC(=O)Nc1cccc(NCC2CCOCC2)c1. The highest BCUT2D eigenvalue weighted by Gasteiger charge is 2.13. The lowest BCUT2D eigenvalue weighted by atomic mass is 10.0. The molecule has 1 aliphatic heterocycles. The minimum absolute atomic E-state index is 0.0692. The van der Waals surface area contributed by atoms with Gasteiger partial charge in [-0.2, -0.15) is 0 Å². The van der Waals surface area contributed by atoms with Crippen LogP contribution in [0.25, 0.3) is 0 Å². The van der Waals surface area contributed by atoms with Crippen molar-refractivity contribution in [2.24, 2.45) is 5.92 Å². The van der Waals surface area contributed by atoms with Crippen molar-refractivity contribution >= 4 is 17.3 Å². The molecular weight excluding hydrogens is 256 g/mol. The summed E-state index contributed by atoms with van der Waals surface area (Å²) in [6.07, 6.45) is 2.22. The molecular formula is C15H22N2O3. The number of hydrogen-bond donors (Lipinski definition) is 2. The van der Waals surface area contributed by atoms with E-state index in [0.717, 1.165) is 44.0 Å². The molecule has 1 aromatic carbocycles. The molecule has 1 heterocycles. The van der Waals surface area contributed by atoms with Gasteiger partial charge in [-0.1, -0.05) is 6.07 Å². The number of nitrogens with one attached hydrogen (secondary N) is 2. The summed E-state index contributed by atoms with van der Waals surface area (Å²) in [5.74, 6) is 0.518. The fraction of sp³-hybridized carbons (Fsp3) is 0.533. The average molecular weight is 278 g/mol. The number of anilines is 2. The number of carbonyl (C=O) groups excluding carboxylic acids is 1. The van der Waals surface area contributed by atoms with E-state index in [-0.39, 0.29) is 12.5 Å². The van der Waals surface area contributed by atoms with Gasteiger partial charge in [-0.3, -0.25) is 4.79 Å². The molecule has 0 radical (unpaired) electrons. The van der Waals surface area contributed by atoms with Crippen molar-refractivity contribution < 1.29 is 14.3 Å². The zero-order valence-electron chi connectivity index (χ0n) is 11.9. The highest BCUT2D eigenvalue weighted by Crippen LogP contribution is 2.18. The third-order valence-corrected chi connectivity index (χ3v) is 3.36. The molecule has 1 fully saturated rings. The minimum Gasteiger partial charge on any atom is -0.385 e. The summed E-state index contributed by atoms with van der Waals surface area (Å²) < 4.78 is 10.1. The van der Waals surface area contributed by atoms with Crippen LogP contribution in [0, 0.1) is 5.92 Å². The van der Waals surface area contributed by atoms with Gasteiger partial charge in [-0.15, -0.1) is 0 Å². The number of hydrogen-bond acceptors (Lipinski definition) is 4. The first-order valence-corrected chi connectivity index (χ1v) is 6.98. The Morgan fingerprint density at radius 2 is 2.10 bits per heavy atom. The Morgan fingerprint density at radius 1 is 1.35 bits per heavy atom. The molecule has 1 amide bonds. The van der Waals surface area contributed by atoms with Crippen molar-refractivity contribution in [3.63, 3.8) is 0 Å². The van der Waals surface area contributed by atoms with Gasteiger partial charge in [0, 0.05) is 38.2 Å². The predicted molar refractivity (Wildman–Crippen MR) is 79.0 cm³/mol. The fourth-order valence-electron chi connectivity index (χ4n) is 2.25. The smallest absolute Gasteiger partial charge is 0.250 e. The quantitative estimate of drug-likeness (QED) is 0.836. The van der Waals surface area contributed by atoms with Crippen LogP contribution < -0.4 is 10.6 Å². The molecule has 110 valence electrons. The maximum Gasteiger partial charge on any atom is 0.250 e. The zero-order valence-corrected chi connectivity index (χ0v) is 11.9. The molecule has 2 N–H and O–H groups in total. The van der Waals surface area contributed by atoms with E-state index in [1.165, 1.54) is 7.11 Å². The third kappa shape index (κ3) is 4.83. The van der Waals surface area contributed by atoms with E-state index in [1.807, 2.05) is 24.3 Å². The maximum atomic E-state index is 11.5. The van der Waals surface area contributed by atoms with Crippen molar-refractivity contribution in [3.8, 4) is 0 Å². The van der Waals surface area contributed by atoms with E-state index in [4.69, 9.17) is 9.47 Å². The number of benzene rings is 1. The number of methoxy groups -OCH3 is 1. The van der Waals surface area contributed by atoms with Crippen LogP contribution in [0.1, 0.15) is 12.8 Å². The summed E-state index contributed by atoms with van der Waals surface area (Å²) in [6, 6.07) is 7.74. The molecule has 0 bridgehead atoms. The van der Waals surface area contributed by atoms with Crippen LogP contribution in [0.15, 0.2) is 24.3 Å². The minimum atomic E-state index is -0.144. The normalized spacial score (nSPS) is 15.8. The van der Waals surface area contributed by atoms with Gasteiger partial charge in [0.25, 0.3) is 0 Å². The molecule has 5 heteroatoms. The summed E-state index contributed by atoms with van der Waals surface area (Å²) in [7, 11) is 1.51. The first kappa shape index (κ1) is 14.8. The topological polar surface area (TPSA) is 59.6 Å². The van der Waals surface area contributed by atoms with Gasteiger partial charge >= 0.3 is 0 Å². The van der Waals surface area contributed by atoms with Crippen LogP contribution in [-0.4, -0.2) is 39.4 Å². The van der Waals surface area contributed by atoms with Crippen LogP contribution >= 0.6 is 0 Å². The first-order chi connectivity index (χ1) is 9.78. The van der Waals surface area contributed by atoms with E-state index in [9.17, 15) is 4.79 Å². The summed E-state index contributed by atoms with van der Waals surface area (Å²) >= 11 is 0. The van der Waals surface area contributed by atoms with Crippen molar-refractivity contribution in [1.29, 1.82) is 0 Å². The largest absolute Gasteiger partial charge is 0.385 e. The Bertz CT molecular complexity index is 431. The Labute approximate surface area is 119 Å². The maximum absolute atomic E-state index is 11.5. The molecule has 0 saturated carbocycles. The molecule has 1 aromatic rings. The lowest BCUT2D eigenvalue weighted by Crippen LogP contribution is -2.22. The highest BCUT2D eigenvalue weighted by atomic mass is 16.5. The van der Waals surface area contributed by atoms with Gasteiger partial charge in [0.05, 0.1) is 0 Å². The van der Waals surface area contributed by atoms with Crippen molar-refractivity contribution in [2.45, 2.75) is 12.8 Å². The summed E-state index contributed by atoms with van der Waals surface area (Å²) in [5, 5.41) is 6.22. The molecule has 0 unspecified atom stereocenters. The Balaban J connectivity index is 1.83. The molecule has 20 heavy (non-hydrogen) atoms. The number of amides is 1. The van der Waals surface area contributed by atoms with Crippen LogP contribution in [0.2, 0.25) is 0 Å². The van der Waals surface area contributed by atoms with Crippen molar-refractivity contribution in [3.05, 3.63) is 24.3 Å². The van der Waals surface area contributed by atoms with Crippen LogP contribution in [-0.2, 0) is 14.3 Å². The average Bonchev–Trinajstić information content (AvgIpc) is 2.47. The lowest BCUT2D eigenvalue weighted by Gasteiger charge is -2.22. The van der Waals surface area contributed by atoms with Crippen LogP contribution in [0.5, 0.6) is 0 Å². The number of ether oxygens (including phenoxy) is 2. The number of carbonyl (C=O) groups is 1. The Kier molecular flexibility index (Phi) is 5.83. The zero-order chi connectivity index (χ0) is 14.2. The second-order valence-corrected chi connectivity index (χ2v) is 5.00. The molecule has 5 nitrogen and oxygen atoms in total. The summed E-state index contributed by atoms with van der Waals surface area (Å²) in [6.45, 7) is 2.73. The third-order valence-electron chi connectivity index (χ3n) is 3.36. The van der Waals surface area contributed by atoms with Gasteiger partial charge in [0.2, 0.25) is 5.91 Å². The monoisotopic (exact) mass is 278 g/mol. The number of rotatable bonds is 6. The molecule has 0 aliphatic carbocycles. The molecule has 0 spiro atoms. The highest BCUT2D eigenvalue weighted by molar-refractivity contribution is 5.92. The van der Waals surface area contributed by atoms with Gasteiger partial charge in [0.1, 0.15) is 6.61 Å². The molecule has 1 aliphatic rings. The Morgan fingerprint density at radius 3 is 2.85 bits per heavy atom. The van der Waals surface area contributed by atoms with E-state index >= 15 is 0 Å². The van der Waals surface area contributed by atoms with Crippen LogP contribution in [0.3, 0.4) is 0 Å². The molecule has 1 saturated heterocycles. The standard InChI is InChI=1S/C15H22N2O3/c1-19-11-15(18)17-14-4-2-3-13(9-14)16-10-12-5-7-20-8-6-12/h2-4,9,12,16H,5-8,10-11H2,1H3,(H,17,18). The van der Waals surface area contributed by atoms with E-state index in [1.54, 1.807) is 0 Å². The van der Waals surface area contributed by atoms with E-state index in [0.29, 0.717) is 5.92 Å². The lowest BCUT2D eigenvalue weighted by molar-refractivity contribution is -0.119. The predicted octanol–water partition coefficient (Wildman–Crippen LogP) is 2.11. The van der Waals surface area contributed by atoms with Gasteiger partial charge in [-0.05, 0) is 37.0 Å². The molecule has 2 rings (SSSR count). The van der Waals surface area contributed by atoms with Crippen LogP contribution in [0.4, 0.5) is 11.4 Å². The Hall–Kier alpha value is -1.59. The second kappa shape index (κ2) is 7.87. The molecule has 0 aromatic heterocycles. The second-order valence-electron chi connectivity index (χ2n) is 5.00. The van der Waals surface area contributed by atoms with E-state index in [2.05, 4.69) is 10.6 Å². The summed E-state index contributed by atoms with van der Waals surface area (Å²) in [5.41, 5.74) is 1.80. The summed E-state index contributed by atoms with van der Waals surface area (Å²) in [4.78, 5) is 11.5. The van der Waals surface area contributed by atoms with Crippen molar-refractivity contribution in [1.82, 2.24) is 0 Å². The van der Waals surface area contributed by atoms with Gasteiger partial charge < -0.3 is 20.1 Å². The van der Waals surface area contributed by atoms with Gasteiger partial charge in [-0.25, -0.2) is 0 Å². The fourth-order valence-corrected chi connectivity index (χ4v) is 2.25. The van der Waals surface area contributed by atoms with Gasteiger partial charge in [0.15, 0.2) is 0 Å².